The van der Waals surface area contributed by atoms with Gasteiger partial charge in [-0.15, -0.1) is 0 Å². The van der Waals surface area contributed by atoms with E-state index in [0.29, 0.717) is 11.5 Å². The van der Waals surface area contributed by atoms with E-state index in [2.05, 4.69) is 4.98 Å². The predicted octanol–water partition coefficient (Wildman–Crippen LogP) is 0.771. The lowest BCUT2D eigenvalue weighted by Gasteiger charge is -2.18. The summed E-state index contributed by atoms with van der Waals surface area (Å²) in [7, 11) is 0. The fourth-order valence-corrected chi connectivity index (χ4v) is 3.45. The fourth-order valence-electron chi connectivity index (χ4n) is 3.45. The minimum atomic E-state index is -0.833. The van der Waals surface area contributed by atoms with E-state index in [1.165, 1.54) is 30.0 Å². The molecule has 0 spiro atoms. The van der Waals surface area contributed by atoms with E-state index in [9.17, 15) is 14.7 Å². The Morgan fingerprint density at radius 1 is 1.29 bits per heavy atom. The smallest absolute Gasteiger partial charge is 0.330 e. The molecule has 7 heteroatoms. The SMILES string of the molecule is O=c1[nH]c(=O)n([C@H]2C[C@@H](O)[C@@H](CO)O2)cc1C=CC1CCCCC1. The van der Waals surface area contributed by atoms with E-state index in [1.54, 1.807) is 6.08 Å². The first-order chi connectivity index (χ1) is 11.6. The third-order valence-corrected chi connectivity index (χ3v) is 4.89. The zero-order valence-electron chi connectivity index (χ0n) is 13.6. The summed E-state index contributed by atoms with van der Waals surface area (Å²) in [5.74, 6) is 0.474. The molecule has 0 radical (unpaired) electrons. The van der Waals surface area contributed by atoms with E-state index >= 15 is 0 Å². The molecule has 0 bridgehead atoms. The average molecular weight is 336 g/mol. The first-order valence-electron chi connectivity index (χ1n) is 8.56. The lowest BCUT2D eigenvalue weighted by atomic mass is 9.89. The summed E-state index contributed by atoms with van der Waals surface area (Å²) in [6.07, 6.45) is 9.18. The molecular formula is C17H24N2O5. The van der Waals surface area contributed by atoms with Crippen LogP contribution in [0.3, 0.4) is 0 Å². The molecule has 24 heavy (non-hydrogen) atoms. The van der Waals surface area contributed by atoms with Crippen molar-refractivity contribution in [2.24, 2.45) is 5.92 Å². The van der Waals surface area contributed by atoms with E-state index in [0.717, 1.165) is 12.8 Å². The predicted molar refractivity (Wildman–Crippen MR) is 88.6 cm³/mol. The van der Waals surface area contributed by atoms with Crippen molar-refractivity contribution in [2.45, 2.75) is 57.0 Å². The number of nitrogens with zero attached hydrogens (tertiary/aromatic N) is 1. The number of aromatic amines is 1. The summed E-state index contributed by atoms with van der Waals surface area (Å²) in [6, 6.07) is 0. The zero-order valence-corrected chi connectivity index (χ0v) is 13.6. The van der Waals surface area contributed by atoms with Crippen molar-refractivity contribution in [1.82, 2.24) is 9.55 Å². The van der Waals surface area contributed by atoms with Crippen LogP contribution in [0, 0.1) is 5.92 Å². The highest BCUT2D eigenvalue weighted by molar-refractivity contribution is 5.46. The largest absolute Gasteiger partial charge is 0.394 e. The minimum absolute atomic E-state index is 0.197. The summed E-state index contributed by atoms with van der Waals surface area (Å²) >= 11 is 0. The number of aromatic nitrogens is 2. The van der Waals surface area contributed by atoms with Crippen molar-refractivity contribution in [3.05, 3.63) is 38.7 Å². The van der Waals surface area contributed by atoms with E-state index in [1.807, 2.05) is 6.08 Å². The lowest BCUT2D eigenvalue weighted by Crippen LogP contribution is -2.33. The fraction of sp³-hybridized carbons (Fsp3) is 0.647. The average Bonchev–Trinajstić information content (AvgIpc) is 2.95. The molecule has 2 heterocycles. The molecule has 0 amide bonds. The molecule has 132 valence electrons. The van der Waals surface area contributed by atoms with Crippen LogP contribution in [-0.4, -0.2) is 38.6 Å². The van der Waals surface area contributed by atoms with Gasteiger partial charge in [-0.05, 0) is 18.8 Å². The van der Waals surface area contributed by atoms with Crippen LogP contribution in [0.15, 0.2) is 21.9 Å². The molecule has 1 aliphatic carbocycles. The summed E-state index contributed by atoms with van der Waals surface area (Å²) in [5, 5.41) is 19.0. The van der Waals surface area contributed by atoms with Gasteiger partial charge in [0.15, 0.2) is 0 Å². The van der Waals surface area contributed by atoms with Gasteiger partial charge in [0.2, 0.25) is 0 Å². The molecular weight excluding hydrogens is 312 g/mol. The second-order valence-corrected chi connectivity index (χ2v) is 6.62. The van der Waals surface area contributed by atoms with Gasteiger partial charge in [0.05, 0.1) is 18.3 Å². The molecule has 7 nitrogen and oxygen atoms in total. The molecule has 1 saturated heterocycles. The zero-order chi connectivity index (χ0) is 17.1. The Kier molecular flexibility index (Phi) is 5.33. The Labute approximate surface area is 139 Å². The van der Waals surface area contributed by atoms with Gasteiger partial charge in [-0.1, -0.05) is 31.4 Å². The molecule has 0 aromatic carbocycles. The number of nitrogens with one attached hydrogen (secondary N) is 1. The highest BCUT2D eigenvalue weighted by atomic mass is 16.5. The van der Waals surface area contributed by atoms with Crippen molar-refractivity contribution in [1.29, 1.82) is 0 Å². The van der Waals surface area contributed by atoms with Crippen LogP contribution in [0.25, 0.3) is 6.08 Å². The standard InChI is InChI=1S/C17H24N2O5/c20-10-14-13(21)8-15(24-14)19-9-12(16(22)18-17(19)23)7-6-11-4-2-1-3-5-11/h6-7,9,11,13-15,20-21H,1-5,8,10H2,(H,18,22,23)/t13-,14-,15-/m1/s1. The summed E-state index contributed by atoms with van der Waals surface area (Å²) < 4.78 is 6.77. The Balaban J connectivity index is 1.82. The molecule has 0 unspecified atom stereocenters. The van der Waals surface area contributed by atoms with Crippen LogP contribution < -0.4 is 11.2 Å². The highest BCUT2D eigenvalue weighted by Gasteiger charge is 2.35. The number of hydrogen-bond acceptors (Lipinski definition) is 5. The maximum Gasteiger partial charge on any atom is 0.330 e. The molecule has 1 aromatic heterocycles. The number of allylic oxidation sites excluding steroid dienone is 1. The van der Waals surface area contributed by atoms with Crippen LogP contribution in [-0.2, 0) is 4.74 Å². The van der Waals surface area contributed by atoms with Crippen LogP contribution in [0.4, 0.5) is 0 Å². The van der Waals surface area contributed by atoms with Gasteiger partial charge in [-0.25, -0.2) is 4.79 Å². The Morgan fingerprint density at radius 2 is 2.04 bits per heavy atom. The number of hydrogen-bond donors (Lipinski definition) is 3. The second kappa shape index (κ2) is 7.46. The van der Waals surface area contributed by atoms with Gasteiger partial charge in [-0.2, -0.15) is 0 Å². The van der Waals surface area contributed by atoms with Crippen molar-refractivity contribution >= 4 is 6.08 Å². The first-order valence-corrected chi connectivity index (χ1v) is 8.56. The highest BCUT2D eigenvalue weighted by Crippen LogP contribution is 2.28. The van der Waals surface area contributed by atoms with Crippen LogP contribution in [0.2, 0.25) is 0 Å². The van der Waals surface area contributed by atoms with Gasteiger partial charge in [0.1, 0.15) is 12.3 Å². The molecule has 1 aliphatic heterocycles. The maximum atomic E-state index is 12.0. The minimum Gasteiger partial charge on any atom is -0.394 e. The van der Waals surface area contributed by atoms with Crippen molar-refractivity contribution in [3.63, 3.8) is 0 Å². The first kappa shape index (κ1) is 17.1. The molecule has 1 aromatic rings. The summed E-state index contributed by atoms with van der Waals surface area (Å²) in [4.78, 5) is 26.4. The normalized spacial score (nSPS) is 28.7. The molecule has 3 N–H and O–H groups in total. The van der Waals surface area contributed by atoms with E-state index in [4.69, 9.17) is 9.84 Å². The maximum absolute atomic E-state index is 12.0. The van der Waals surface area contributed by atoms with Gasteiger partial charge in [-0.3, -0.25) is 14.3 Å². The lowest BCUT2D eigenvalue weighted by molar-refractivity contribution is -0.0459. The number of rotatable bonds is 4. The third-order valence-electron chi connectivity index (χ3n) is 4.89. The van der Waals surface area contributed by atoms with Crippen LogP contribution in [0.1, 0.15) is 50.3 Å². The van der Waals surface area contributed by atoms with Crippen LogP contribution >= 0.6 is 0 Å². The van der Waals surface area contributed by atoms with Crippen molar-refractivity contribution < 1.29 is 14.9 Å². The van der Waals surface area contributed by atoms with E-state index < -0.39 is 29.7 Å². The number of aliphatic hydroxyl groups excluding tert-OH is 2. The third kappa shape index (κ3) is 3.68. The molecule has 1 saturated carbocycles. The van der Waals surface area contributed by atoms with Gasteiger partial charge >= 0.3 is 5.69 Å². The summed E-state index contributed by atoms with van der Waals surface area (Å²) in [5.41, 5.74) is -0.614. The van der Waals surface area contributed by atoms with Crippen LogP contribution in [0.5, 0.6) is 0 Å². The molecule has 3 atom stereocenters. The monoisotopic (exact) mass is 336 g/mol. The van der Waals surface area contributed by atoms with Crippen molar-refractivity contribution in [2.75, 3.05) is 6.61 Å². The quantitative estimate of drug-likeness (QED) is 0.753. The van der Waals surface area contributed by atoms with Crippen molar-refractivity contribution in [3.8, 4) is 0 Å². The Hall–Kier alpha value is -1.70. The second-order valence-electron chi connectivity index (χ2n) is 6.62. The van der Waals surface area contributed by atoms with Gasteiger partial charge in [0, 0.05) is 12.6 Å². The molecule has 2 aliphatic rings. The Bertz CT molecular complexity index is 702. The van der Waals surface area contributed by atoms with Gasteiger partial charge < -0.3 is 14.9 Å². The number of aliphatic hydroxyl groups is 2. The Morgan fingerprint density at radius 3 is 2.71 bits per heavy atom. The molecule has 3 rings (SSSR count). The number of ether oxygens (including phenoxy) is 1. The topological polar surface area (TPSA) is 105 Å². The number of H-pyrrole nitrogens is 1. The summed E-state index contributed by atoms with van der Waals surface area (Å²) in [6.45, 7) is -0.315. The molecule has 2 fully saturated rings. The van der Waals surface area contributed by atoms with E-state index in [-0.39, 0.29) is 13.0 Å². The van der Waals surface area contributed by atoms with Gasteiger partial charge in [0.25, 0.3) is 5.56 Å².